The minimum atomic E-state index is -1.05. The van der Waals surface area contributed by atoms with Crippen molar-refractivity contribution in [3.63, 3.8) is 0 Å². The summed E-state index contributed by atoms with van der Waals surface area (Å²) in [6.45, 7) is 2.13. The molecule has 0 unspecified atom stereocenters. The van der Waals surface area contributed by atoms with Crippen LogP contribution < -0.4 is 19.8 Å². The maximum absolute atomic E-state index is 14.4. The van der Waals surface area contributed by atoms with Crippen LogP contribution in [0.4, 0.5) is 5.69 Å². The first-order valence-corrected chi connectivity index (χ1v) is 14.3. The van der Waals surface area contributed by atoms with Gasteiger partial charge in [0.2, 0.25) is 24.5 Å². The molecule has 2 aliphatic heterocycles. The van der Waals surface area contributed by atoms with Gasteiger partial charge >= 0.3 is 0 Å². The number of hydrogen-bond acceptors (Lipinski definition) is 6. The highest BCUT2D eigenvalue weighted by Gasteiger charge is 2.68. The third-order valence-corrected chi connectivity index (χ3v) is 9.24. The van der Waals surface area contributed by atoms with E-state index >= 15 is 0 Å². The zero-order valence-corrected chi connectivity index (χ0v) is 23.3. The Morgan fingerprint density at radius 2 is 1.58 bits per heavy atom. The summed E-state index contributed by atoms with van der Waals surface area (Å²) in [6.07, 6.45) is 1.76. The summed E-state index contributed by atoms with van der Waals surface area (Å²) in [5.74, 6) is -1.11. The van der Waals surface area contributed by atoms with Crippen LogP contribution in [0.1, 0.15) is 39.3 Å². The number of hydrogen-bond donors (Lipinski definition) is 1. The normalized spacial score (nSPS) is 24.2. The number of ether oxygens (including phenoxy) is 2. The maximum atomic E-state index is 14.4. The van der Waals surface area contributed by atoms with Crippen molar-refractivity contribution < 1.29 is 23.9 Å². The van der Waals surface area contributed by atoms with Gasteiger partial charge < -0.3 is 9.47 Å². The van der Waals surface area contributed by atoms with Crippen LogP contribution in [-0.4, -0.2) is 30.7 Å². The quantitative estimate of drug-likeness (QED) is 0.215. The van der Waals surface area contributed by atoms with Gasteiger partial charge in [-0.15, -0.1) is 0 Å². The van der Waals surface area contributed by atoms with Crippen LogP contribution in [-0.2, 0) is 26.2 Å². The van der Waals surface area contributed by atoms with Gasteiger partial charge in [0.15, 0.2) is 11.5 Å². The first-order valence-electron chi connectivity index (χ1n) is 14.3. The van der Waals surface area contributed by atoms with Gasteiger partial charge in [0, 0.05) is 12.1 Å². The fourth-order valence-corrected chi connectivity index (χ4v) is 7.48. The molecule has 4 aromatic rings. The summed E-state index contributed by atoms with van der Waals surface area (Å²) in [5, 5.41) is 4.50. The zero-order chi connectivity index (χ0) is 29.3. The van der Waals surface area contributed by atoms with Gasteiger partial charge in [0.25, 0.3) is 0 Å². The topological polar surface area (TPSA) is 97.3 Å². The molecule has 0 spiro atoms. The summed E-state index contributed by atoms with van der Waals surface area (Å²) in [4.78, 5) is 43.0. The van der Waals surface area contributed by atoms with Crippen molar-refractivity contribution >= 4 is 29.6 Å². The number of hydrazone groups is 1. The average Bonchev–Trinajstić information content (AvgIpc) is 3.60. The lowest BCUT2D eigenvalue weighted by atomic mass is 9.47. The second-order valence-electron chi connectivity index (χ2n) is 11.5. The third-order valence-electron chi connectivity index (χ3n) is 9.24. The Bertz CT molecular complexity index is 1820. The highest BCUT2D eigenvalue weighted by atomic mass is 16.7. The molecule has 5 aliphatic rings. The predicted octanol–water partition coefficient (Wildman–Crippen LogP) is 4.62. The van der Waals surface area contributed by atoms with E-state index in [1.165, 1.54) is 4.90 Å². The van der Waals surface area contributed by atoms with Crippen LogP contribution in [0, 0.1) is 18.8 Å². The molecule has 3 aliphatic carbocycles. The number of carbonyl (C=O) groups excluding carboxylic acids is 3. The maximum Gasteiger partial charge on any atom is 0.244 e. The number of anilines is 1. The lowest BCUT2D eigenvalue weighted by molar-refractivity contribution is -0.123. The van der Waals surface area contributed by atoms with Crippen LogP contribution in [0.25, 0.3) is 0 Å². The van der Waals surface area contributed by atoms with E-state index in [-0.39, 0.29) is 36.9 Å². The van der Waals surface area contributed by atoms with Gasteiger partial charge in [-0.1, -0.05) is 72.3 Å². The highest BCUT2D eigenvalue weighted by Crippen LogP contribution is 2.63. The summed E-state index contributed by atoms with van der Waals surface area (Å²) in [6, 6.07) is 28.8. The van der Waals surface area contributed by atoms with Crippen LogP contribution >= 0.6 is 0 Å². The number of benzene rings is 4. The first-order chi connectivity index (χ1) is 21.0. The van der Waals surface area contributed by atoms with E-state index in [9.17, 15) is 14.4 Å². The molecule has 0 aromatic heterocycles. The van der Waals surface area contributed by atoms with E-state index in [1.54, 1.807) is 18.3 Å². The lowest BCUT2D eigenvalue weighted by Crippen LogP contribution is -2.54. The van der Waals surface area contributed by atoms with Crippen molar-refractivity contribution in [1.82, 2.24) is 5.43 Å². The summed E-state index contributed by atoms with van der Waals surface area (Å²) in [7, 11) is 0. The molecule has 9 rings (SSSR count). The number of fused-ring (bicyclic) bond motifs is 1. The summed E-state index contributed by atoms with van der Waals surface area (Å²) in [5.41, 5.74) is 7.88. The molecule has 3 amide bonds. The minimum Gasteiger partial charge on any atom is -0.454 e. The molecule has 1 N–H and O–H groups in total. The molecule has 1 saturated heterocycles. The Morgan fingerprint density at radius 1 is 0.907 bits per heavy atom. The van der Waals surface area contributed by atoms with E-state index in [1.807, 2.05) is 85.8 Å². The second-order valence-corrected chi connectivity index (χ2v) is 11.5. The molecule has 1 fully saturated rings. The zero-order valence-electron chi connectivity index (χ0n) is 23.3. The summed E-state index contributed by atoms with van der Waals surface area (Å²) >= 11 is 0. The van der Waals surface area contributed by atoms with Crippen molar-refractivity contribution in [2.24, 2.45) is 16.9 Å². The molecule has 43 heavy (non-hydrogen) atoms. The number of amides is 3. The molecule has 8 nitrogen and oxygen atoms in total. The monoisotopic (exact) mass is 569 g/mol. The van der Waals surface area contributed by atoms with Crippen LogP contribution in [0.15, 0.2) is 96.1 Å². The van der Waals surface area contributed by atoms with E-state index < -0.39 is 17.3 Å². The number of rotatable bonds is 5. The molecule has 0 radical (unpaired) electrons. The van der Waals surface area contributed by atoms with E-state index in [0.29, 0.717) is 17.2 Å². The fourth-order valence-electron chi connectivity index (χ4n) is 7.48. The van der Waals surface area contributed by atoms with Crippen molar-refractivity contribution in [3.05, 3.63) is 124 Å². The standard InChI is InChI=1S/C35H27N3O5/c1-20-10-13-22(14-11-20)38-33(40)31-30-23-6-2-4-8-25(23)35(32(31)34(38)41,26-9-5-3-7-24(26)30)18-36-37-29(39)17-21-12-15-27-28(16-21)43-19-42-27/h2-16,18,30-32H,17,19H2,1H3,(H,37,39)/b36-18-/t30?,31-,32-,35?/m1/s1. The van der Waals surface area contributed by atoms with Gasteiger partial charge in [0.1, 0.15) is 0 Å². The van der Waals surface area contributed by atoms with Crippen molar-refractivity contribution in [3.8, 4) is 11.5 Å². The fraction of sp³-hybridized carbons (Fsp3) is 0.200. The van der Waals surface area contributed by atoms with Crippen molar-refractivity contribution in [2.45, 2.75) is 24.7 Å². The lowest BCUT2D eigenvalue weighted by Gasteiger charge is -2.52. The number of imide groups is 1. The van der Waals surface area contributed by atoms with Crippen LogP contribution in [0.2, 0.25) is 0 Å². The number of nitrogens with zero attached hydrogens (tertiary/aromatic N) is 2. The smallest absolute Gasteiger partial charge is 0.244 e. The molecule has 8 heteroatoms. The molecule has 2 atom stereocenters. The molecule has 2 heterocycles. The molecular weight excluding hydrogens is 542 g/mol. The number of aryl methyl sites for hydroxylation is 1. The third kappa shape index (κ3) is 3.62. The SMILES string of the molecule is Cc1ccc(N2C(=O)[C@@H]3C4c5ccccc5C(/C=N\NC(=O)Cc5ccc6c(c5)OCO6)(c5ccccc54)[C@H]3C2=O)cc1. The Hall–Kier alpha value is -5.24. The van der Waals surface area contributed by atoms with E-state index in [4.69, 9.17) is 9.47 Å². The Kier molecular flexibility index (Phi) is 5.56. The van der Waals surface area contributed by atoms with Gasteiger partial charge in [-0.3, -0.25) is 14.4 Å². The average molecular weight is 570 g/mol. The Morgan fingerprint density at radius 3 is 2.30 bits per heavy atom. The highest BCUT2D eigenvalue weighted by molar-refractivity contribution is 6.25. The predicted molar refractivity (Wildman–Crippen MR) is 159 cm³/mol. The number of nitrogens with one attached hydrogen (secondary N) is 1. The second kappa shape index (κ2) is 9.39. The first kappa shape index (κ1) is 25.5. The van der Waals surface area contributed by atoms with Gasteiger partial charge in [-0.25, -0.2) is 10.3 Å². The van der Waals surface area contributed by atoms with Gasteiger partial charge in [0.05, 0.1) is 29.4 Å². The van der Waals surface area contributed by atoms with Gasteiger partial charge in [-0.2, -0.15) is 5.10 Å². The van der Waals surface area contributed by atoms with Crippen molar-refractivity contribution in [1.29, 1.82) is 0 Å². The van der Waals surface area contributed by atoms with Crippen molar-refractivity contribution in [2.75, 3.05) is 11.7 Å². The number of carbonyl (C=O) groups is 3. The molecule has 0 saturated carbocycles. The van der Waals surface area contributed by atoms with E-state index in [0.717, 1.165) is 33.4 Å². The summed E-state index contributed by atoms with van der Waals surface area (Å²) < 4.78 is 10.8. The van der Waals surface area contributed by atoms with Crippen LogP contribution in [0.3, 0.4) is 0 Å². The largest absolute Gasteiger partial charge is 0.454 e. The molecular formula is C35H27N3O5. The molecule has 4 aromatic carbocycles. The minimum absolute atomic E-state index is 0.0842. The Balaban J connectivity index is 1.21. The molecule has 212 valence electrons. The van der Waals surface area contributed by atoms with Crippen LogP contribution in [0.5, 0.6) is 11.5 Å². The van der Waals surface area contributed by atoms with E-state index in [2.05, 4.69) is 10.5 Å². The molecule has 2 bridgehead atoms. The Labute approximate surface area is 247 Å². The van der Waals surface area contributed by atoms with Gasteiger partial charge in [-0.05, 0) is 59.0 Å².